The molecule has 0 atom stereocenters. The Morgan fingerprint density at radius 1 is 1.30 bits per heavy atom. The summed E-state index contributed by atoms with van der Waals surface area (Å²) in [6, 6.07) is 10.5. The molecular formula is C14H13ClN4O. The summed E-state index contributed by atoms with van der Waals surface area (Å²) in [5.41, 5.74) is 1.05. The Labute approximate surface area is 121 Å². The molecular weight excluding hydrogens is 276 g/mol. The van der Waals surface area contributed by atoms with Crippen LogP contribution in [0.3, 0.4) is 0 Å². The van der Waals surface area contributed by atoms with Gasteiger partial charge >= 0.3 is 0 Å². The maximum Gasteiger partial charge on any atom is 0.272 e. The molecule has 0 aliphatic heterocycles. The van der Waals surface area contributed by atoms with E-state index in [1.165, 1.54) is 0 Å². The average Bonchev–Trinajstić information content (AvgIpc) is 2.45. The van der Waals surface area contributed by atoms with E-state index in [0.717, 1.165) is 5.69 Å². The molecule has 2 rings (SSSR count). The van der Waals surface area contributed by atoms with Crippen molar-refractivity contribution in [3.63, 3.8) is 0 Å². The molecule has 0 saturated carbocycles. The van der Waals surface area contributed by atoms with Gasteiger partial charge < -0.3 is 10.6 Å². The van der Waals surface area contributed by atoms with E-state index >= 15 is 0 Å². The second-order valence-corrected chi connectivity index (χ2v) is 4.37. The highest BCUT2D eigenvalue weighted by atomic mass is 35.5. The highest BCUT2D eigenvalue weighted by Crippen LogP contribution is 2.18. The second kappa shape index (κ2) is 6.68. The van der Waals surface area contributed by atoms with Gasteiger partial charge in [0.2, 0.25) is 0 Å². The molecule has 1 aromatic heterocycles. The van der Waals surface area contributed by atoms with Crippen LogP contribution in [-0.4, -0.2) is 22.6 Å². The van der Waals surface area contributed by atoms with Crippen LogP contribution in [-0.2, 0) is 0 Å². The maximum atomic E-state index is 11.6. The predicted molar refractivity (Wildman–Crippen MR) is 79.3 cm³/mol. The fourth-order valence-corrected chi connectivity index (χ4v) is 1.68. The van der Waals surface area contributed by atoms with E-state index in [0.29, 0.717) is 17.4 Å². The lowest BCUT2D eigenvalue weighted by molar-refractivity contribution is 0.0952. The van der Waals surface area contributed by atoms with Crippen molar-refractivity contribution in [2.24, 2.45) is 0 Å². The second-order valence-electron chi connectivity index (χ2n) is 3.94. The van der Waals surface area contributed by atoms with E-state index in [2.05, 4.69) is 27.4 Å². The smallest absolute Gasteiger partial charge is 0.272 e. The number of rotatable bonds is 5. The van der Waals surface area contributed by atoms with Crippen molar-refractivity contribution in [3.05, 3.63) is 59.8 Å². The van der Waals surface area contributed by atoms with Gasteiger partial charge in [-0.1, -0.05) is 23.7 Å². The van der Waals surface area contributed by atoms with Crippen LogP contribution in [0.4, 0.5) is 11.5 Å². The number of amides is 1. The minimum Gasteiger partial charge on any atom is -0.347 e. The molecule has 1 heterocycles. The summed E-state index contributed by atoms with van der Waals surface area (Å²) in [6.45, 7) is 3.91. The molecule has 102 valence electrons. The monoisotopic (exact) mass is 288 g/mol. The van der Waals surface area contributed by atoms with Gasteiger partial charge in [0.1, 0.15) is 0 Å². The molecule has 2 aromatic rings. The standard InChI is InChI=1S/C14H13ClN4O/c1-2-8-16-14(20)12-6-7-13(19-18-12)17-11-5-3-4-10(15)9-11/h2-7,9H,1,8H2,(H,16,20)(H,17,19). The molecule has 0 unspecified atom stereocenters. The first-order valence-electron chi connectivity index (χ1n) is 5.94. The summed E-state index contributed by atoms with van der Waals surface area (Å²) in [6.07, 6.45) is 1.60. The van der Waals surface area contributed by atoms with Crippen LogP contribution in [0.1, 0.15) is 10.5 Å². The minimum atomic E-state index is -0.285. The van der Waals surface area contributed by atoms with E-state index < -0.39 is 0 Å². The third kappa shape index (κ3) is 3.80. The first kappa shape index (κ1) is 14.0. The van der Waals surface area contributed by atoms with E-state index in [1.807, 2.05) is 12.1 Å². The van der Waals surface area contributed by atoms with Crippen LogP contribution in [0, 0.1) is 0 Å². The molecule has 0 fully saturated rings. The minimum absolute atomic E-state index is 0.253. The van der Waals surface area contributed by atoms with Gasteiger partial charge in [0, 0.05) is 17.3 Å². The molecule has 0 saturated heterocycles. The average molecular weight is 289 g/mol. The van der Waals surface area contributed by atoms with Crippen molar-refractivity contribution in [1.82, 2.24) is 15.5 Å². The number of benzene rings is 1. The Morgan fingerprint density at radius 2 is 2.15 bits per heavy atom. The number of nitrogens with one attached hydrogen (secondary N) is 2. The Bertz CT molecular complexity index is 613. The SMILES string of the molecule is C=CCNC(=O)c1ccc(Nc2cccc(Cl)c2)nn1. The summed E-state index contributed by atoms with van der Waals surface area (Å²) in [4.78, 5) is 11.6. The van der Waals surface area contributed by atoms with Crippen LogP contribution in [0.15, 0.2) is 49.1 Å². The van der Waals surface area contributed by atoms with Gasteiger partial charge in [0.25, 0.3) is 5.91 Å². The van der Waals surface area contributed by atoms with Crippen molar-refractivity contribution < 1.29 is 4.79 Å². The molecule has 1 aromatic carbocycles. The van der Waals surface area contributed by atoms with Gasteiger partial charge in [-0.25, -0.2) is 0 Å². The lowest BCUT2D eigenvalue weighted by Gasteiger charge is -2.06. The Kier molecular flexibility index (Phi) is 4.68. The van der Waals surface area contributed by atoms with Crippen molar-refractivity contribution in [1.29, 1.82) is 0 Å². The summed E-state index contributed by atoms with van der Waals surface area (Å²) in [5, 5.41) is 14.1. The zero-order valence-electron chi connectivity index (χ0n) is 10.6. The van der Waals surface area contributed by atoms with Crippen molar-refractivity contribution >= 4 is 29.0 Å². The summed E-state index contributed by atoms with van der Waals surface area (Å²) in [5.74, 6) is 0.249. The number of hydrogen-bond donors (Lipinski definition) is 2. The van der Waals surface area contributed by atoms with Crippen molar-refractivity contribution in [2.75, 3.05) is 11.9 Å². The number of carbonyl (C=O) groups excluding carboxylic acids is 1. The van der Waals surface area contributed by atoms with Gasteiger partial charge in [0.15, 0.2) is 11.5 Å². The van der Waals surface area contributed by atoms with Gasteiger partial charge in [-0.2, -0.15) is 0 Å². The van der Waals surface area contributed by atoms with Crippen LogP contribution >= 0.6 is 11.6 Å². The van der Waals surface area contributed by atoms with E-state index in [1.54, 1.807) is 30.3 Å². The molecule has 2 N–H and O–H groups in total. The normalized spacial score (nSPS) is 9.85. The summed E-state index contributed by atoms with van der Waals surface area (Å²) in [7, 11) is 0. The predicted octanol–water partition coefficient (Wildman–Crippen LogP) is 2.79. The molecule has 0 bridgehead atoms. The number of anilines is 2. The number of hydrogen-bond acceptors (Lipinski definition) is 4. The van der Waals surface area contributed by atoms with E-state index in [9.17, 15) is 4.79 Å². The van der Waals surface area contributed by atoms with Crippen LogP contribution in [0.5, 0.6) is 0 Å². The third-order valence-electron chi connectivity index (χ3n) is 2.40. The summed E-state index contributed by atoms with van der Waals surface area (Å²) < 4.78 is 0. The van der Waals surface area contributed by atoms with Crippen LogP contribution in [0.25, 0.3) is 0 Å². The van der Waals surface area contributed by atoms with Crippen molar-refractivity contribution in [2.45, 2.75) is 0 Å². The molecule has 0 radical (unpaired) electrons. The fraction of sp³-hybridized carbons (Fsp3) is 0.0714. The zero-order valence-corrected chi connectivity index (χ0v) is 11.4. The van der Waals surface area contributed by atoms with Gasteiger partial charge in [0.05, 0.1) is 0 Å². The first-order valence-corrected chi connectivity index (χ1v) is 6.32. The van der Waals surface area contributed by atoms with Crippen LogP contribution < -0.4 is 10.6 Å². The molecule has 0 spiro atoms. The number of nitrogens with zero attached hydrogens (tertiary/aromatic N) is 2. The fourth-order valence-electron chi connectivity index (χ4n) is 1.49. The van der Waals surface area contributed by atoms with Crippen molar-refractivity contribution in [3.8, 4) is 0 Å². The molecule has 5 nitrogen and oxygen atoms in total. The lowest BCUT2D eigenvalue weighted by Crippen LogP contribution is -2.24. The largest absolute Gasteiger partial charge is 0.347 e. The lowest BCUT2D eigenvalue weighted by atomic mass is 10.3. The Balaban J connectivity index is 2.04. The highest BCUT2D eigenvalue weighted by Gasteiger charge is 2.06. The molecule has 20 heavy (non-hydrogen) atoms. The van der Waals surface area contributed by atoms with Gasteiger partial charge in [-0.3, -0.25) is 4.79 Å². The zero-order chi connectivity index (χ0) is 14.4. The van der Waals surface area contributed by atoms with E-state index in [-0.39, 0.29) is 11.6 Å². The Hall–Kier alpha value is -2.40. The van der Waals surface area contributed by atoms with E-state index in [4.69, 9.17) is 11.6 Å². The number of halogens is 1. The maximum absolute atomic E-state index is 11.6. The number of aromatic nitrogens is 2. The number of carbonyl (C=O) groups is 1. The quantitative estimate of drug-likeness (QED) is 0.830. The summed E-state index contributed by atoms with van der Waals surface area (Å²) >= 11 is 5.89. The van der Waals surface area contributed by atoms with Gasteiger partial charge in [-0.05, 0) is 30.3 Å². The molecule has 0 aliphatic carbocycles. The third-order valence-corrected chi connectivity index (χ3v) is 2.64. The molecule has 6 heteroatoms. The molecule has 0 aliphatic rings. The Morgan fingerprint density at radius 3 is 2.80 bits per heavy atom. The topological polar surface area (TPSA) is 66.9 Å². The van der Waals surface area contributed by atoms with Gasteiger partial charge in [-0.15, -0.1) is 16.8 Å². The molecule has 1 amide bonds. The van der Waals surface area contributed by atoms with Crippen LogP contribution in [0.2, 0.25) is 5.02 Å². The highest BCUT2D eigenvalue weighted by molar-refractivity contribution is 6.30. The first-order chi connectivity index (χ1) is 9.69.